The molecule has 0 aliphatic carbocycles. The standard InChI is InChI=1S/C15H15N3O3/c19-14(17-8-5-12(10-17)15(20)21)11-3-1-4-13(9-11)18-7-2-6-16-18/h1-4,6-7,9,12H,5,8,10H2,(H,20,21)/t12-/m0/s1. The van der Waals surface area contributed by atoms with Crippen LogP contribution in [0.1, 0.15) is 16.8 Å². The average Bonchev–Trinajstić information content (AvgIpc) is 3.18. The van der Waals surface area contributed by atoms with Gasteiger partial charge in [0.1, 0.15) is 0 Å². The number of rotatable bonds is 3. The molecule has 21 heavy (non-hydrogen) atoms. The quantitative estimate of drug-likeness (QED) is 0.925. The zero-order valence-corrected chi connectivity index (χ0v) is 11.3. The van der Waals surface area contributed by atoms with Gasteiger partial charge in [0.25, 0.3) is 5.91 Å². The Bertz CT molecular complexity index is 667. The fraction of sp³-hybridized carbons (Fsp3) is 0.267. The third-order valence-electron chi connectivity index (χ3n) is 3.69. The molecular formula is C15H15N3O3. The molecule has 1 amide bonds. The van der Waals surface area contributed by atoms with Crippen LogP contribution in [0.3, 0.4) is 0 Å². The number of carbonyl (C=O) groups is 2. The van der Waals surface area contributed by atoms with Gasteiger partial charge < -0.3 is 10.0 Å². The normalized spacial score (nSPS) is 17.9. The molecule has 1 aromatic heterocycles. The maximum atomic E-state index is 12.4. The summed E-state index contributed by atoms with van der Waals surface area (Å²) in [4.78, 5) is 25.0. The van der Waals surface area contributed by atoms with E-state index in [9.17, 15) is 9.59 Å². The van der Waals surface area contributed by atoms with Crippen molar-refractivity contribution in [2.75, 3.05) is 13.1 Å². The second-order valence-corrected chi connectivity index (χ2v) is 5.08. The maximum Gasteiger partial charge on any atom is 0.308 e. The molecule has 6 nitrogen and oxygen atoms in total. The number of benzene rings is 1. The van der Waals surface area contributed by atoms with E-state index in [1.54, 1.807) is 40.2 Å². The predicted molar refractivity (Wildman–Crippen MR) is 75.2 cm³/mol. The smallest absolute Gasteiger partial charge is 0.308 e. The summed E-state index contributed by atoms with van der Waals surface area (Å²) in [5, 5.41) is 13.1. The van der Waals surface area contributed by atoms with E-state index in [-0.39, 0.29) is 12.5 Å². The summed E-state index contributed by atoms with van der Waals surface area (Å²) >= 11 is 0. The van der Waals surface area contributed by atoms with Gasteiger partial charge in [-0.25, -0.2) is 4.68 Å². The first kappa shape index (κ1) is 13.4. The molecule has 1 N–H and O–H groups in total. The molecular weight excluding hydrogens is 270 g/mol. The van der Waals surface area contributed by atoms with Crippen LogP contribution in [-0.4, -0.2) is 44.8 Å². The Morgan fingerprint density at radius 3 is 2.81 bits per heavy atom. The van der Waals surface area contributed by atoms with Crippen LogP contribution in [0.4, 0.5) is 0 Å². The number of carboxylic acids is 1. The fourth-order valence-corrected chi connectivity index (χ4v) is 2.53. The zero-order valence-electron chi connectivity index (χ0n) is 11.3. The Balaban J connectivity index is 1.80. The third kappa shape index (κ3) is 2.65. The first-order chi connectivity index (χ1) is 10.1. The highest BCUT2D eigenvalue weighted by atomic mass is 16.4. The number of carbonyl (C=O) groups excluding carboxylic acids is 1. The molecule has 1 aliphatic heterocycles. The predicted octanol–water partition coefficient (Wildman–Crippen LogP) is 1.42. The van der Waals surface area contributed by atoms with Gasteiger partial charge >= 0.3 is 5.97 Å². The zero-order chi connectivity index (χ0) is 14.8. The molecule has 0 radical (unpaired) electrons. The highest BCUT2D eigenvalue weighted by Gasteiger charge is 2.31. The highest BCUT2D eigenvalue weighted by Crippen LogP contribution is 2.20. The van der Waals surface area contributed by atoms with E-state index in [0.717, 1.165) is 5.69 Å². The number of aromatic nitrogens is 2. The van der Waals surface area contributed by atoms with Crippen molar-refractivity contribution in [1.82, 2.24) is 14.7 Å². The van der Waals surface area contributed by atoms with E-state index in [4.69, 9.17) is 5.11 Å². The Labute approximate surface area is 121 Å². The van der Waals surface area contributed by atoms with E-state index in [1.165, 1.54) is 0 Å². The summed E-state index contributed by atoms with van der Waals surface area (Å²) in [6.07, 6.45) is 3.99. The Kier molecular flexibility index (Phi) is 3.43. The van der Waals surface area contributed by atoms with Crippen molar-refractivity contribution in [3.05, 3.63) is 48.3 Å². The summed E-state index contributed by atoms with van der Waals surface area (Å²) in [6, 6.07) is 8.99. The lowest BCUT2D eigenvalue weighted by Crippen LogP contribution is -2.30. The minimum Gasteiger partial charge on any atom is -0.481 e. The summed E-state index contributed by atoms with van der Waals surface area (Å²) in [5.41, 5.74) is 1.36. The van der Waals surface area contributed by atoms with Crippen LogP contribution in [-0.2, 0) is 4.79 Å². The van der Waals surface area contributed by atoms with E-state index in [1.807, 2.05) is 12.1 Å². The van der Waals surface area contributed by atoms with E-state index in [2.05, 4.69) is 5.10 Å². The van der Waals surface area contributed by atoms with E-state index < -0.39 is 11.9 Å². The van der Waals surface area contributed by atoms with Crippen molar-refractivity contribution in [1.29, 1.82) is 0 Å². The van der Waals surface area contributed by atoms with Gasteiger partial charge in [0.2, 0.25) is 0 Å². The largest absolute Gasteiger partial charge is 0.481 e. The second kappa shape index (κ2) is 5.40. The van der Waals surface area contributed by atoms with Crippen LogP contribution < -0.4 is 0 Å². The molecule has 3 rings (SSSR count). The van der Waals surface area contributed by atoms with Crippen LogP contribution in [0, 0.1) is 5.92 Å². The molecule has 0 bridgehead atoms. The van der Waals surface area contributed by atoms with Crippen LogP contribution in [0.15, 0.2) is 42.7 Å². The Hall–Kier alpha value is -2.63. The summed E-state index contributed by atoms with van der Waals surface area (Å²) in [7, 11) is 0. The molecule has 2 heterocycles. The lowest BCUT2D eigenvalue weighted by atomic mass is 10.1. The minimum atomic E-state index is -0.837. The lowest BCUT2D eigenvalue weighted by Gasteiger charge is -2.16. The highest BCUT2D eigenvalue weighted by molar-refractivity contribution is 5.95. The average molecular weight is 285 g/mol. The van der Waals surface area contributed by atoms with Gasteiger partial charge in [-0.05, 0) is 30.7 Å². The summed E-state index contributed by atoms with van der Waals surface area (Å²) in [6.45, 7) is 0.766. The van der Waals surface area contributed by atoms with Gasteiger partial charge in [0.05, 0.1) is 11.6 Å². The van der Waals surface area contributed by atoms with Crippen LogP contribution in [0.2, 0.25) is 0 Å². The number of likely N-dealkylation sites (tertiary alicyclic amines) is 1. The molecule has 1 atom stereocenters. The molecule has 1 saturated heterocycles. The molecule has 0 unspecified atom stereocenters. The molecule has 1 aromatic carbocycles. The number of amides is 1. The van der Waals surface area contributed by atoms with Crippen molar-refractivity contribution in [3.63, 3.8) is 0 Å². The Morgan fingerprint density at radius 2 is 2.14 bits per heavy atom. The molecule has 2 aromatic rings. The van der Waals surface area contributed by atoms with Crippen LogP contribution in [0.25, 0.3) is 5.69 Å². The summed E-state index contributed by atoms with van der Waals surface area (Å²) in [5.74, 6) is -1.42. The van der Waals surface area contributed by atoms with Gasteiger partial charge in [-0.1, -0.05) is 6.07 Å². The monoisotopic (exact) mass is 285 g/mol. The number of nitrogens with zero attached hydrogens (tertiary/aromatic N) is 3. The Morgan fingerprint density at radius 1 is 1.29 bits per heavy atom. The number of carboxylic acid groups (broad SMARTS) is 1. The first-order valence-electron chi connectivity index (χ1n) is 6.77. The van der Waals surface area contributed by atoms with Gasteiger partial charge in [0, 0.05) is 31.0 Å². The topological polar surface area (TPSA) is 75.4 Å². The van der Waals surface area contributed by atoms with Gasteiger partial charge in [-0.2, -0.15) is 5.10 Å². The SMILES string of the molecule is O=C(O)[C@H]1CCN(C(=O)c2cccc(-n3cccn3)c2)C1. The number of hydrogen-bond donors (Lipinski definition) is 1. The molecule has 1 fully saturated rings. The molecule has 6 heteroatoms. The minimum absolute atomic E-state index is 0.132. The third-order valence-corrected chi connectivity index (χ3v) is 3.69. The first-order valence-corrected chi connectivity index (χ1v) is 6.77. The van der Waals surface area contributed by atoms with Crippen LogP contribution in [0.5, 0.6) is 0 Å². The van der Waals surface area contributed by atoms with Crippen molar-refractivity contribution in [2.24, 2.45) is 5.92 Å². The van der Waals surface area contributed by atoms with E-state index >= 15 is 0 Å². The molecule has 108 valence electrons. The second-order valence-electron chi connectivity index (χ2n) is 5.08. The van der Waals surface area contributed by atoms with Crippen molar-refractivity contribution < 1.29 is 14.7 Å². The van der Waals surface area contributed by atoms with Crippen molar-refractivity contribution >= 4 is 11.9 Å². The van der Waals surface area contributed by atoms with Gasteiger partial charge in [0.15, 0.2) is 0 Å². The fourth-order valence-electron chi connectivity index (χ4n) is 2.53. The van der Waals surface area contributed by atoms with Crippen molar-refractivity contribution in [2.45, 2.75) is 6.42 Å². The lowest BCUT2D eigenvalue weighted by molar-refractivity contribution is -0.141. The maximum absolute atomic E-state index is 12.4. The van der Waals surface area contributed by atoms with Crippen LogP contribution >= 0.6 is 0 Å². The van der Waals surface area contributed by atoms with Gasteiger partial charge in [-0.15, -0.1) is 0 Å². The van der Waals surface area contributed by atoms with Gasteiger partial charge in [-0.3, -0.25) is 9.59 Å². The number of hydrogen-bond acceptors (Lipinski definition) is 3. The summed E-state index contributed by atoms with van der Waals surface area (Å²) < 4.78 is 1.68. The van der Waals surface area contributed by atoms with Crippen molar-refractivity contribution in [3.8, 4) is 5.69 Å². The molecule has 0 spiro atoms. The molecule has 1 aliphatic rings. The molecule has 0 saturated carbocycles. The number of aliphatic carboxylic acids is 1. The van der Waals surface area contributed by atoms with E-state index in [0.29, 0.717) is 18.5 Å².